The maximum absolute atomic E-state index is 11.3. The standard InChI is InChI=1S/C9H10N2O3S/c10-15(12,13)9-4-2-1-3-8(9)11-5-6-14-7-11/h1-6H,7H2,(H2,10,12,13). The number of para-hydroxylation sites is 1. The molecule has 2 rings (SSSR count). The van der Waals surface area contributed by atoms with E-state index in [0.29, 0.717) is 12.4 Å². The largest absolute Gasteiger partial charge is 0.479 e. The van der Waals surface area contributed by atoms with Crippen LogP contribution in [0.1, 0.15) is 0 Å². The van der Waals surface area contributed by atoms with Gasteiger partial charge in [0.2, 0.25) is 10.0 Å². The van der Waals surface area contributed by atoms with Crippen molar-refractivity contribution in [1.82, 2.24) is 0 Å². The number of benzene rings is 1. The third-order valence-electron chi connectivity index (χ3n) is 2.03. The van der Waals surface area contributed by atoms with E-state index in [0.717, 1.165) is 0 Å². The first-order chi connectivity index (χ1) is 7.09. The Hall–Kier alpha value is -1.53. The fraction of sp³-hybridized carbons (Fsp3) is 0.111. The number of anilines is 1. The van der Waals surface area contributed by atoms with Crippen LogP contribution in [-0.2, 0) is 14.8 Å². The molecule has 0 saturated carbocycles. The summed E-state index contributed by atoms with van der Waals surface area (Å²) in [6.45, 7) is 0.298. The van der Waals surface area contributed by atoms with Crippen molar-refractivity contribution in [1.29, 1.82) is 0 Å². The van der Waals surface area contributed by atoms with Gasteiger partial charge in [-0.25, -0.2) is 13.6 Å². The molecule has 0 radical (unpaired) electrons. The van der Waals surface area contributed by atoms with Gasteiger partial charge in [0, 0.05) is 6.20 Å². The summed E-state index contributed by atoms with van der Waals surface area (Å²) < 4.78 is 27.6. The molecule has 1 aliphatic heterocycles. The number of nitrogens with zero attached hydrogens (tertiary/aromatic N) is 1. The summed E-state index contributed by atoms with van der Waals surface area (Å²) in [6.07, 6.45) is 3.16. The van der Waals surface area contributed by atoms with Crippen molar-refractivity contribution in [3.63, 3.8) is 0 Å². The molecule has 80 valence electrons. The molecule has 5 nitrogen and oxygen atoms in total. The van der Waals surface area contributed by atoms with Crippen molar-refractivity contribution in [2.75, 3.05) is 11.6 Å². The summed E-state index contributed by atoms with van der Waals surface area (Å²) in [4.78, 5) is 1.76. The lowest BCUT2D eigenvalue weighted by Gasteiger charge is -2.16. The van der Waals surface area contributed by atoms with Gasteiger partial charge in [0.05, 0.1) is 5.69 Å². The van der Waals surface area contributed by atoms with Gasteiger partial charge in [-0.15, -0.1) is 0 Å². The first-order valence-electron chi connectivity index (χ1n) is 4.26. The molecule has 1 aliphatic rings. The predicted molar refractivity (Wildman–Crippen MR) is 55.4 cm³/mol. The van der Waals surface area contributed by atoms with Crippen molar-refractivity contribution in [2.24, 2.45) is 5.14 Å². The van der Waals surface area contributed by atoms with Crippen LogP contribution in [0.2, 0.25) is 0 Å². The summed E-state index contributed by atoms with van der Waals surface area (Å²) in [6, 6.07) is 6.52. The van der Waals surface area contributed by atoms with E-state index in [-0.39, 0.29) is 4.90 Å². The van der Waals surface area contributed by atoms with Crippen LogP contribution in [0.3, 0.4) is 0 Å². The molecular formula is C9H10N2O3S. The number of hydrogen-bond donors (Lipinski definition) is 1. The Morgan fingerprint density at radius 1 is 1.33 bits per heavy atom. The highest BCUT2D eigenvalue weighted by Gasteiger charge is 2.18. The molecule has 0 amide bonds. The van der Waals surface area contributed by atoms with Crippen LogP contribution in [0.15, 0.2) is 41.6 Å². The number of hydrogen-bond acceptors (Lipinski definition) is 4. The zero-order chi connectivity index (χ0) is 10.9. The Labute approximate surface area is 87.8 Å². The quantitative estimate of drug-likeness (QED) is 0.801. The monoisotopic (exact) mass is 226 g/mol. The molecule has 0 aromatic heterocycles. The predicted octanol–water partition coefficient (Wildman–Crippen LogP) is 0.599. The summed E-state index contributed by atoms with van der Waals surface area (Å²) in [5, 5.41) is 5.11. The minimum atomic E-state index is -3.70. The Balaban J connectivity index is 2.51. The molecule has 15 heavy (non-hydrogen) atoms. The lowest BCUT2D eigenvalue weighted by atomic mass is 10.3. The summed E-state index contributed by atoms with van der Waals surface area (Å²) in [5.41, 5.74) is 0.522. The number of primary sulfonamides is 1. The molecule has 0 bridgehead atoms. The second-order valence-corrected chi connectivity index (χ2v) is 4.59. The van der Waals surface area contributed by atoms with Crippen LogP contribution in [0.4, 0.5) is 5.69 Å². The first-order valence-corrected chi connectivity index (χ1v) is 5.80. The first kappa shape index (κ1) is 10.0. The normalized spacial score (nSPS) is 15.4. The molecule has 0 unspecified atom stereocenters. The number of nitrogens with two attached hydrogens (primary N) is 1. The summed E-state index contributed by atoms with van der Waals surface area (Å²) >= 11 is 0. The van der Waals surface area contributed by atoms with Gasteiger partial charge in [-0.3, -0.25) is 0 Å². The highest BCUT2D eigenvalue weighted by Crippen LogP contribution is 2.25. The van der Waals surface area contributed by atoms with E-state index < -0.39 is 10.0 Å². The van der Waals surface area contributed by atoms with E-state index in [2.05, 4.69) is 0 Å². The SMILES string of the molecule is NS(=O)(=O)c1ccccc1N1C=COC1. The van der Waals surface area contributed by atoms with E-state index in [9.17, 15) is 8.42 Å². The van der Waals surface area contributed by atoms with Crippen LogP contribution in [-0.4, -0.2) is 15.1 Å². The molecule has 1 aromatic rings. The second-order valence-electron chi connectivity index (χ2n) is 3.06. The fourth-order valence-electron chi connectivity index (χ4n) is 1.37. The van der Waals surface area contributed by atoms with Crippen molar-refractivity contribution in [2.45, 2.75) is 4.90 Å². The van der Waals surface area contributed by atoms with Crippen LogP contribution >= 0.6 is 0 Å². The summed E-state index contributed by atoms with van der Waals surface area (Å²) in [5.74, 6) is 0. The van der Waals surface area contributed by atoms with E-state index in [1.165, 1.54) is 12.3 Å². The van der Waals surface area contributed by atoms with Gasteiger partial charge in [-0.2, -0.15) is 0 Å². The number of ether oxygens (including phenoxy) is 1. The topological polar surface area (TPSA) is 72.6 Å². The Morgan fingerprint density at radius 3 is 2.67 bits per heavy atom. The van der Waals surface area contributed by atoms with Crippen molar-refractivity contribution < 1.29 is 13.2 Å². The molecule has 2 N–H and O–H groups in total. The molecule has 0 spiro atoms. The second kappa shape index (κ2) is 3.56. The Kier molecular flexibility index (Phi) is 2.37. The third kappa shape index (κ3) is 1.95. The van der Waals surface area contributed by atoms with Crippen LogP contribution in [0.5, 0.6) is 0 Å². The Bertz CT molecular complexity index is 496. The van der Waals surface area contributed by atoms with Gasteiger partial charge in [-0.05, 0) is 12.1 Å². The summed E-state index contributed by atoms with van der Waals surface area (Å²) in [7, 11) is -3.70. The van der Waals surface area contributed by atoms with Gasteiger partial charge >= 0.3 is 0 Å². The molecular weight excluding hydrogens is 216 g/mol. The minimum absolute atomic E-state index is 0.0974. The molecule has 0 saturated heterocycles. The Morgan fingerprint density at radius 2 is 2.07 bits per heavy atom. The van der Waals surface area contributed by atoms with Gasteiger partial charge in [0.1, 0.15) is 11.2 Å². The minimum Gasteiger partial charge on any atom is -0.479 e. The third-order valence-corrected chi connectivity index (χ3v) is 2.99. The number of rotatable bonds is 2. The van der Waals surface area contributed by atoms with Crippen molar-refractivity contribution >= 4 is 15.7 Å². The maximum atomic E-state index is 11.3. The van der Waals surface area contributed by atoms with E-state index in [4.69, 9.17) is 9.88 Å². The van der Waals surface area contributed by atoms with E-state index in [1.807, 2.05) is 0 Å². The van der Waals surface area contributed by atoms with Gasteiger partial charge in [0.15, 0.2) is 6.73 Å². The van der Waals surface area contributed by atoms with Crippen molar-refractivity contribution in [3.05, 3.63) is 36.7 Å². The van der Waals surface area contributed by atoms with E-state index in [1.54, 1.807) is 29.3 Å². The zero-order valence-electron chi connectivity index (χ0n) is 7.83. The van der Waals surface area contributed by atoms with Gasteiger partial charge in [-0.1, -0.05) is 12.1 Å². The highest BCUT2D eigenvalue weighted by molar-refractivity contribution is 7.89. The van der Waals surface area contributed by atoms with Crippen LogP contribution < -0.4 is 10.0 Å². The van der Waals surface area contributed by atoms with Gasteiger partial charge < -0.3 is 9.64 Å². The van der Waals surface area contributed by atoms with Crippen LogP contribution in [0.25, 0.3) is 0 Å². The molecule has 6 heteroatoms. The number of sulfonamides is 1. The lowest BCUT2D eigenvalue weighted by molar-refractivity contribution is 0.282. The lowest BCUT2D eigenvalue weighted by Crippen LogP contribution is -2.20. The highest BCUT2D eigenvalue weighted by atomic mass is 32.2. The fourth-order valence-corrected chi connectivity index (χ4v) is 2.11. The average Bonchev–Trinajstić information content (AvgIpc) is 2.69. The van der Waals surface area contributed by atoms with Crippen molar-refractivity contribution in [3.8, 4) is 0 Å². The zero-order valence-corrected chi connectivity index (χ0v) is 8.65. The average molecular weight is 226 g/mol. The van der Waals surface area contributed by atoms with Crippen LogP contribution in [0, 0.1) is 0 Å². The van der Waals surface area contributed by atoms with Gasteiger partial charge in [0.25, 0.3) is 0 Å². The van der Waals surface area contributed by atoms with E-state index >= 15 is 0 Å². The molecule has 0 atom stereocenters. The maximum Gasteiger partial charge on any atom is 0.240 e. The molecule has 0 aliphatic carbocycles. The molecule has 0 fully saturated rings. The molecule has 1 aromatic carbocycles. The molecule has 1 heterocycles. The smallest absolute Gasteiger partial charge is 0.240 e.